The summed E-state index contributed by atoms with van der Waals surface area (Å²) >= 11 is 0. The van der Waals surface area contributed by atoms with Crippen LogP contribution in [-0.2, 0) is 0 Å². The van der Waals surface area contributed by atoms with Crippen LogP contribution >= 0.6 is 0 Å². The molecule has 120 valence electrons. The van der Waals surface area contributed by atoms with E-state index in [0.29, 0.717) is 11.5 Å². The van der Waals surface area contributed by atoms with Gasteiger partial charge in [-0.25, -0.2) is 0 Å². The van der Waals surface area contributed by atoms with Crippen LogP contribution in [0.25, 0.3) is 0 Å². The minimum Gasteiger partial charge on any atom is -0.316 e. The van der Waals surface area contributed by atoms with Crippen molar-refractivity contribution in [2.24, 2.45) is 11.3 Å². The fraction of sp³-hybridized carbons (Fsp3) is 1.00. The predicted octanol–water partition coefficient (Wildman–Crippen LogP) is 4.30. The first-order chi connectivity index (χ1) is 9.53. The molecule has 0 aromatic carbocycles. The fourth-order valence-corrected chi connectivity index (χ4v) is 3.53. The Labute approximate surface area is 127 Å². The number of nitrogens with one attached hydrogen (secondary N) is 1. The lowest BCUT2D eigenvalue weighted by molar-refractivity contribution is 0.0706. The Morgan fingerprint density at radius 1 is 1.15 bits per heavy atom. The van der Waals surface area contributed by atoms with E-state index in [2.05, 4.69) is 44.8 Å². The highest BCUT2D eigenvalue weighted by Crippen LogP contribution is 2.39. The monoisotopic (exact) mass is 282 g/mol. The van der Waals surface area contributed by atoms with Crippen molar-refractivity contribution in [2.75, 3.05) is 26.2 Å². The molecule has 0 aromatic heterocycles. The summed E-state index contributed by atoms with van der Waals surface area (Å²) in [6.07, 6.45) is 8.19. The van der Waals surface area contributed by atoms with Crippen molar-refractivity contribution in [1.29, 1.82) is 0 Å². The molecule has 2 heteroatoms. The highest BCUT2D eigenvalue weighted by molar-refractivity contribution is 4.90. The van der Waals surface area contributed by atoms with Crippen molar-refractivity contribution >= 4 is 0 Å². The Hall–Kier alpha value is -0.0800. The van der Waals surface area contributed by atoms with Crippen molar-refractivity contribution in [2.45, 2.75) is 79.2 Å². The minimum atomic E-state index is 0.529. The van der Waals surface area contributed by atoms with Gasteiger partial charge in [-0.05, 0) is 64.0 Å². The van der Waals surface area contributed by atoms with E-state index in [-0.39, 0.29) is 0 Å². The van der Waals surface area contributed by atoms with E-state index in [1.165, 1.54) is 64.7 Å². The van der Waals surface area contributed by atoms with Gasteiger partial charge in [0.15, 0.2) is 0 Å². The molecule has 1 N–H and O–H groups in total. The molecule has 0 bridgehead atoms. The molecule has 1 aliphatic carbocycles. The molecular weight excluding hydrogens is 244 g/mol. The molecule has 0 aliphatic heterocycles. The van der Waals surface area contributed by atoms with Gasteiger partial charge in [-0.2, -0.15) is 0 Å². The summed E-state index contributed by atoms with van der Waals surface area (Å²) in [6.45, 7) is 16.6. The van der Waals surface area contributed by atoms with E-state index in [9.17, 15) is 0 Å². The Morgan fingerprint density at radius 3 is 2.30 bits per heavy atom. The predicted molar refractivity (Wildman–Crippen MR) is 90.2 cm³/mol. The standard InChI is InChI=1S/C18H38N2/c1-6-12-19-14-18(10-8-17(5)9-11-18)15-20(13-7-2)16(3)4/h16-17,19H,6-15H2,1-5H3. The molecule has 1 aliphatic rings. The van der Waals surface area contributed by atoms with E-state index in [1.807, 2.05) is 0 Å². The second-order valence-corrected chi connectivity index (χ2v) is 7.42. The molecule has 0 unspecified atom stereocenters. The zero-order valence-corrected chi connectivity index (χ0v) is 14.7. The third-order valence-corrected chi connectivity index (χ3v) is 5.04. The number of hydrogen-bond donors (Lipinski definition) is 1. The number of rotatable bonds is 9. The lowest BCUT2D eigenvalue weighted by Gasteiger charge is -2.44. The van der Waals surface area contributed by atoms with Gasteiger partial charge in [0, 0.05) is 19.1 Å². The van der Waals surface area contributed by atoms with Crippen LogP contribution < -0.4 is 5.32 Å². The van der Waals surface area contributed by atoms with Gasteiger partial charge in [0.05, 0.1) is 0 Å². The normalized spacial score (nSPS) is 27.4. The van der Waals surface area contributed by atoms with Crippen LogP contribution in [0.2, 0.25) is 0 Å². The van der Waals surface area contributed by atoms with Crippen molar-refractivity contribution in [3.8, 4) is 0 Å². The van der Waals surface area contributed by atoms with E-state index >= 15 is 0 Å². The van der Waals surface area contributed by atoms with Crippen LogP contribution in [-0.4, -0.2) is 37.1 Å². The summed E-state index contributed by atoms with van der Waals surface area (Å²) in [6, 6.07) is 0.678. The summed E-state index contributed by atoms with van der Waals surface area (Å²) in [5.74, 6) is 0.938. The zero-order chi connectivity index (χ0) is 15.0. The van der Waals surface area contributed by atoms with Gasteiger partial charge in [0.1, 0.15) is 0 Å². The van der Waals surface area contributed by atoms with Gasteiger partial charge in [-0.3, -0.25) is 0 Å². The molecule has 0 saturated heterocycles. The lowest BCUT2D eigenvalue weighted by Crippen LogP contribution is -2.48. The molecule has 2 nitrogen and oxygen atoms in total. The molecule has 0 spiro atoms. The van der Waals surface area contributed by atoms with Crippen LogP contribution in [0.15, 0.2) is 0 Å². The topological polar surface area (TPSA) is 15.3 Å². The van der Waals surface area contributed by atoms with E-state index in [0.717, 1.165) is 5.92 Å². The van der Waals surface area contributed by atoms with Crippen LogP contribution in [0.4, 0.5) is 0 Å². The second-order valence-electron chi connectivity index (χ2n) is 7.42. The second kappa shape index (κ2) is 9.04. The van der Waals surface area contributed by atoms with Crippen LogP contribution in [0.1, 0.15) is 73.1 Å². The maximum atomic E-state index is 3.72. The van der Waals surface area contributed by atoms with Crippen molar-refractivity contribution in [1.82, 2.24) is 10.2 Å². The highest BCUT2D eigenvalue weighted by Gasteiger charge is 2.35. The molecule has 0 radical (unpaired) electrons. The van der Waals surface area contributed by atoms with Gasteiger partial charge in [0.2, 0.25) is 0 Å². The zero-order valence-electron chi connectivity index (χ0n) is 14.7. The summed E-state index contributed by atoms with van der Waals surface area (Å²) in [4.78, 5) is 2.71. The first-order valence-corrected chi connectivity index (χ1v) is 8.97. The van der Waals surface area contributed by atoms with E-state index in [1.54, 1.807) is 0 Å². The van der Waals surface area contributed by atoms with Crippen LogP contribution in [0.3, 0.4) is 0 Å². The quantitative estimate of drug-likeness (QED) is 0.634. The third-order valence-electron chi connectivity index (χ3n) is 5.04. The molecular formula is C18H38N2. The lowest BCUT2D eigenvalue weighted by atomic mass is 9.70. The average Bonchev–Trinajstić information content (AvgIpc) is 2.42. The summed E-state index contributed by atoms with van der Waals surface area (Å²) in [7, 11) is 0. The fourth-order valence-electron chi connectivity index (χ4n) is 3.53. The third kappa shape index (κ3) is 5.73. The molecule has 1 fully saturated rings. The first-order valence-electron chi connectivity index (χ1n) is 8.97. The molecule has 0 heterocycles. The van der Waals surface area contributed by atoms with Crippen molar-refractivity contribution in [3.05, 3.63) is 0 Å². The van der Waals surface area contributed by atoms with Gasteiger partial charge in [-0.1, -0.05) is 33.6 Å². The van der Waals surface area contributed by atoms with Gasteiger partial charge >= 0.3 is 0 Å². The molecule has 1 saturated carbocycles. The summed E-state index contributed by atoms with van der Waals surface area (Å²) < 4.78 is 0. The molecule has 1 rings (SSSR count). The van der Waals surface area contributed by atoms with Crippen molar-refractivity contribution in [3.63, 3.8) is 0 Å². The molecule has 0 aromatic rings. The summed E-state index contributed by atoms with van der Waals surface area (Å²) in [5, 5.41) is 3.72. The average molecular weight is 283 g/mol. The Balaban J connectivity index is 2.65. The number of nitrogens with zero attached hydrogens (tertiary/aromatic N) is 1. The Kier molecular flexibility index (Phi) is 8.13. The van der Waals surface area contributed by atoms with E-state index < -0.39 is 0 Å². The van der Waals surface area contributed by atoms with Crippen LogP contribution in [0.5, 0.6) is 0 Å². The molecule has 0 atom stereocenters. The molecule has 20 heavy (non-hydrogen) atoms. The van der Waals surface area contributed by atoms with Crippen LogP contribution in [0, 0.1) is 11.3 Å². The minimum absolute atomic E-state index is 0.529. The summed E-state index contributed by atoms with van der Waals surface area (Å²) in [5.41, 5.74) is 0.529. The van der Waals surface area contributed by atoms with Gasteiger partial charge in [0.25, 0.3) is 0 Å². The van der Waals surface area contributed by atoms with Gasteiger partial charge < -0.3 is 10.2 Å². The van der Waals surface area contributed by atoms with Gasteiger partial charge in [-0.15, -0.1) is 0 Å². The Morgan fingerprint density at radius 2 is 1.80 bits per heavy atom. The SMILES string of the molecule is CCCNCC1(CN(CCC)C(C)C)CCC(C)CC1. The van der Waals surface area contributed by atoms with Crippen molar-refractivity contribution < 1.29 is 0 Å². The molecule has 0 amide bonds. The van der Waals surface area contributed by atoms with E-state index in [4.69, 9.17) is 0 Å². The smallest absolute Gasteiger partial charge is 0.00528 e. The first kappa shape index (κ1) is 18.0. The highest BCUT2D eigenvalue weighted by atomic mass is 15.2. The maximum absolute atomic E-state index is 3.72. The largest absolute Gasteiger partial charge is 0.316 e. The maximum Gasteiger partial charge on any atom is 0.00528 e. The Bertz CT molecular complexity index is 242. The number of hydrogen-bond acceptors (Lipinski definition) is 2.